The molecule has 0 aliphatic carbocycles. The van der Waals surface area contributed by atoms with E-state index < -0.39 is 42.6 Å². The van der Waals surface area contributed by atoms with Gasteiger partial charge in [-0.2, -0.15) is 0 Å². The van der Waals surface area contributed by atoms with Crippen molar-refractivity contribution in [3.63, 3.8) is 0 Å². The summed E-state index contributed by atoms with van der Waals surface area (Å²) in [5.41, 5.74) is 0.742. The summed E-state index contributed by atoms with van der Waals surface area (Å²) < 4.78 is 11.6. The van der Waals surface area contributed by atoms with Crippen molar-refractivity contribution in [2.75, 3.05) is 7.11 Å². The minimum absolute atomic E-state index is 0.0948. The van der Waals surface area contributed by atoms with Crippen molar-refractivity contribution < 1.29 is 39.5 Å². The first-order valence-corrected chi connectivity index (χ1v) is 10.5. The summed E-state index contributed by atoms with van der Waals surface area (Å²) in [6.45, 7) is 4.49. The van der Waals surface area contributed by atoms with E-state index in [4.69, 9.17) is 9.47 Å². The van der Waals surface area contributed by atoms with Gasteiger partial charge in [0.1, 0.15) is 11.9 Å². The lowest BCUT2D eigenvalue weighted by molar-refractivity contribution is -0.314. The van der Waals surface area contributed by atoms with Gasteiger partial charge in [0.2, 0.25) is 0 Å². The fraction of sp³-hybridized carbons (Fsp3) is 0.619. The highest BCUT2D eigenvalue weighted by Gasteiger charge is 2.30. The summed E-state index contributed by atoms with van der Waals surface area (Å²) in [4.78, 5) is 23.5. The van der Waals surface area contributed by atoms with E-state index in [1.807, 2.05) is 0 Å². The van der Waals surface area contributed by atoms with E-state index in [0.29, 0.717) is 12.8 Å². The van der Waals surface area contributed by atoms with Crippen LogP contribution in [0.2, 0.25) is 0 Å². The van der Waals surface area contributed by atoms with Crippen LogP contribution in [0.15, 0.2) is 22.7 Å². The van der Waals surface area contributed by atoms with Gasteiger partial charge in [0.25, 0.3) is 0 Å². The van der Waals surface area contributed by atoms with E-state index in [0.717, 1.165) is 10.0 Å². The molecule has 0 amide bonds. The highest BCUT2D eigenvalue weighted by Crippen LogP contribution is 2.34. The van der Waals surface area contributed by atoms with E-state index in [2.05, 4.69) is 15.9 Å². The van der Waals surface area contributed by atoms with Crippen LogP contribution in [0.1, 0.15) is 51.7 Å². The predicted octanol–water partition coefficient (Wildman–Crippen LogP) is 1.69. The SMILES string of the molecule is CO[C@@H](CC[C@H](C)[C@@H](OC(=O)C[C@@H](O)[C@@H](C)O)[C@@H](C)C(=O)[O-])c1cc(O)ccc1Br. The van der Waals surface area contributed by atoms with Crippen molar-refractivity contribution >= 4 is 27.9 Å². The van der Waals surface area contributed by atoms with Crippen molar-refractivity contribution in [3.05, 3.63) is 28.2 Å². The third-order valence-corrected chi connectivity index (χ3v) is 5.84. The fourth-order valence-electron chi connectivity index (χ4n) is 3.14. The molecule has 9 heteroatoms. The summed E-state index contributed by atoms with van der Waals surface area (Å²) >= 11 is 3.43. The number of carbonyl (C=O) groups is 2. The van der Waals surface area contributed by atoms with Crippen LogP contribution in [0.3, 0.4) is 0 Å². The number of methoxy groups -OCH3 is 1. The van der Waals surface area contributed by atoms with E-state index >= 15 is 0 Å². The number of hydrogen-bond donors (Lipinski definition) is 3. The minimum Gasteiger partial charge on any atom is -0.550 e. The molecule has 0 bridgehead atoms. The fourth-order valence-corrected chi connectivity index (χ4v) is 3.65. The van der Waals surface area contributed by atoms with Crippen LogP contribution in [0.5, 0.6) is 5.75 Å². The summed E-state index contributed by atoms with van der Waals surface area (Å²) in [7, 11) is 1.53. The second kappa shape index (κ2) is 12.2. The van der Waals surface area contributed by atoms with Gasteiger partial charge >= 0.3 is 5.97 Å². The van der Waals surface area contributed by atoms with Gasteiger partial charge in [-0.05, 0) is 49.4 Å². The quantitative estimate of drug-likeness (QED) is 0.377. The van der Waals surface area contributed by atoms with E-state index in [-0.39, 0.29) is 17.8 Å². The Morgan fingerprint density at radius 2 is 1.80 bits per heavy atom. The van der Waals surface area contributed by atoms with Crippen LogP contribution in [0.4, 0.5) is 0 Å². The van der Waals surface area contributed by atoms with Gasteiger partial charge in [0, 0.05) is 23.5 Å². The molecule has 0 saturated carbocycles. The molecule has 170 valence electrons. The molecule has 0 aliphatic rings. The van der Waals surface area contributed by atoms with E-state index in [1.165, 1.54) is 21.0 Å². The average molecular weight is 490 g/mol. The van der Waals surface area contributed by atoms with Crippen LogP contribution in [0.25, 0.3) is 0 Å². The zero-order valence-corrected chi connectivity index (χ0v) is 19.2. The summed E-state index contributed by atoms with van der Waals surface area (Å²) in [5, 5.41) is 40.1. The highest BCUT2D eigenvalue weighted by molar-refractivity contribution is 9.10. The number of carbonyl (C=O) groups excluding carboxylic acids is 2. The number of esters is 1. The molecule has 8 nitrogen and oxygen atoms in total. The van der Waals surface area contributed by atoms with Gasteiger partial charge in [-0.15, -0.1) is 0 Å². The van der Waals surface area contributed by atoms with Crippen molar-refractivity contribution in [3.8, 4) is 5.75 Å². The molecule has 0 fully saturated rings. The molecular weight excluding hydrogens is 460 g/mol. The molecule has 0 aromatic heterocycles. The Balaban J connectivity index is 2.88. The Kier molecular flexibility index (Phi) is 10.8. The first kappa shape index (κ1) is 26.4. The predicted molar refractivity (Wildman–Crippen MR) is 110 cm³/mol. The largest absolute Gasteiger partial charge is 0.550 e. The van der Waals surface area contributed by atoms with Crippen molar-refractivity contribution in [2.24, 2.45) is 11.8 Å². The van der Waals surface area contributed by atoms with Gasteiger partial charge in [-0.1, -0.05) is 29.8 Å². The molecule has 1 aromatic rings. The number of halogens is 1. The maximum Gasteiger partial charge on any atom is 0.308 e. The van der Waals surface area contributed by atoms with Gasteiger partial charge in [-0.25, -0.2) is 0 Å². The zero-order valence-electron chi connectivity index (χ0n) is 17.6. The molecule has 3 N–H and O–H groups in total. The van der Waals surface area contributed by atoms with Crippen molar-refractivity contribution in [1.29, 1.82) is 0 Å². The number of aliphatic hydroxyl groups excluding tert-OH is 2. The number of ether oxygens (including phenoxy) is 2. The van der Waals surface area contributed by atoms with Crippen LogP contribution in [0, 0.1) is 11.8 Å². The van der Waals surface area contributed by atoms with E-state index in [1.54, 1.807) is 25.1 Å². The number of phenolic OH excluding ortho intramolecular Hbond substituents is 1. The molecule has 1 rings (SSSR count). The first-order valence-electron chi connectivity index (χ1n) is 9.75. The molecule has 6 atom stereocenters. The zero-order chi connectivity index (χ0) is 23.0. The molecule has 0 aliphatic heterocycles. The Labute approximate surface area is 185 Å². The van der Waals surface area contributed by atoms with Gasteiger partial charge in [0.05, 0.1) is 24.7 Å². The number of aromatic hydroxyl groups is 1. The third kappa shape index (κ3) is 7.86. The van der Waals surface area contributed by atoms with Crippen LogP contribution < -0.4 is 5.11 Å². The molecule has 0 unspecified atom stereocenters. The molecule has 1 aromatic carbocycles. The Morgan fingerprint density at radius 1 is 1.17 bits per heavy atom. The molecular formula is C21H30BrO8-. The normalized spacial score (nSPS) is 17.4. The monoisotopic (exact) mass is 489 g/mol. The summed E-state index contributed by atoms with van der Waals surface area (Å²) in [5.74, 6) is -3.49. The maximum absolute atomic E-state index is 12.1. The van der Waals surface area contributed by atoms with Crippen LogP contribution >= 0.6 is 15.9 Å². The second-order valence-electron chi connectivity index (χ2n) is 7.56. The number of aliphatic hydroxyl groups is 2. The summed E-state index contributed by atoms with van der Waals surface area (Å²) in [6, 6.07) is 4.83. The second-order valence-corrected chi connectivity index (χ2v) is 8.41. The number of carboxylic acids is 1. The Bertz CT molecular complexity index is 708. The topological polar surface area (TPSA) is 136 Å². The van der Waals surface area contributed by atoms with Crippen LogP contribution in [-0.4, -0.2) is 52.7 Å². The van der Waals surface area contributed by atoms with E-state index in [9.17, 15) is 30.0 Å². The molecule has 30 heavy (non-hydrogen) atoms. The molecule has 0 radical (unpaired) electrons. The third-order valence-electron chi connectivity index (χ3n) is 5.12. The average Bonchev–Trinajstić information content (AvgIpc) is 2.68. The minimum atomic E-state index is -1.35. The smallest absolute Gasteiger partial charge is 0.308 e. The lowest BCUT2D eigenvalue weighted by Gasteiger charge is -2.31. The van der Waals surface area contributed by atoms with Crippen LogP contribution in [-0.2, 0) is 19.1 Å². The number of carboxylic acid groups (broad SMARTS) is 1. The standard InChI is InChI=1S/C21H31BrO8/c1-11(5-8-18(29-4)15-9-14(24)6-7-16(15)22)20(12(2)21(27)28)30-19(26)10-17(25)13(3)23/h6-7,9,11-13,17-18,20,23-25H,5,8,10H2,1-4H3,(H,27,28)/p-1/t11-,12+,13+,17+,18-,20+/m0/s1. The number of aliphatic carboxylic acids is 1. The summed E-state index contributed by atoms with van der Waals surface area (Å²) in [6.07, 6.45) is -3.28. The van der Waals surface area contributed by atoms with Gasteiger partial charge in [0.15, 0.2) is 0 Å². The van der Waals surface area contributed by atoms with Gasteiger partial charge < -0.3 is 34.7 Å². The number of benzene rings is 1. The molecule has 0 heterocycles. The van der Waals surface area contributed by atoms with Gasteiger partial charge in [-0.3, -0.25) is 4.79 Å². The Morgan fingerprint density at radius 3 is 2.33 bits per heavy atom. The maximum atomic E-state index is 12.1. The number of hydrogen-bond acceptors (Lipinski definition) is 8. The number of rotatable bonds is 12. The molecule has 0 spiro atoms. The highest BCUT2D eigenvalue weighted by atomic mass is 79.9. The van der Waals surface area contributed by atoms with Crippen molar-refractivity contribution in [2.45, 2.75) is 64.4 Å². The number of phenols is 1. The first-order chi connectivity index (χ1) is 14.0. The molecule has 0 saturated heterocycles. The lowest BCUT2D eigenvalue weighted by Crippen LogP contribution is -2.43. The lowest BCUT2D eigenvalue weighted by atomic mass is 9.88. The Hall–Kier alpha value is -1.68. The van der Waals surface area contributed by atoms with Crippen molar-refractivity contribution in [1.82, 2.24) is 0 Å².